The van der Waals surface area contributed by atoms with Gasteiger partial charge in [0, 0.05) is 10.9 Å². The summed E-state index contributed by atoms with van der Waals surface area (Å²) in [6, 6.07) is 25.8. The number of aromatic nitrogens is 1. The maximum atomic E-state index is 11.8. The predicted octanol–water partition coefficient (Wildman–Crippen LogP) is 5.39. The number of carboxylic acid groups (broad SMARTS) is 1. The first-order valence-electron chi connectivity index (χ1n) is 8.17. The molecule has 26 heavy (non-hydrogen) atoms. The minimum Gasteiger partial charge on any atom is -0.478 e. The van der Waals surface area contributed by atoms with Gasteiger partial charge < -0.3 is 9.84 Å². The molecule has 1 N–H and O–H groups in total. The minimum atomic E-state index is -0.994. The fraction of sp³-hybridized carbons (Fsp3) is 0. The molecule has 0 aliphatic rings. The van der Waals surface area contributed by atoms with Crippen LogP contribution in [0, 0.1) is 0 Å². The van der Waals surface area contributed by atoms with Crippen LogP contribution in [-0.4, -0.2) is 16.1 Å². The zero-order valence-corrected chi connectivity index (χ0v) is 13.8. The molecule has 0 radical (unpaired) electrons. The van der Waals surface area contributed by atoms with Crippen molar-refractivity contribution in [1.29, 1.82) is 0 Å². The van der Waals surface area contributed by atoms with Crippen molar-refractivity contribution >= 4 is 16.9 Å². The van der Waals surface area contributed by atoms with E-state index in [1.165, 1.54) is 0 Å². The summed E-state index contributed by atoms with van der Waals surface area (Å²) in [5.74, 6) is 0.268. The van der Waals surface area contributed by atoms with E-state index in [1.54, 1.807) is 24.3 Å². The van der Waals surface area contributed by atoms with Crippen LogP contribution in [-0.2, 0) is 0 Å². The zero-order valence-electron chi connectivity index (χ0n) is 13.8. The van der Waals surface area contributed by atoms with Crippen LogP contribution in [0.25, 0.3) is 22.2 Å². The largest absolute Gasteiger partial charge is 0.478 e. The van der Waals surface area contributed by atoms with E-state index < -0.39 is 5.97 Å². The van der Waals surface area contributed by atoms with Crippen LogP contribution in [0.5, 0.6) is 11.5 Å². The molecule has 4 rings (SSSR count). The molecular weight excluding hydrogens is 326 g/mol. The number of fused-ring (bicyclic) bond motifs is 1. The number of rotatable bonds is 4. The number of carbonyl (C=O) groups is 1. The summed E-state index contributed by atoms with van der Waals surface area (Å²) < 4.78 is 5.82. The van der Waals surface area contributed by atoms with Gasteiger partial charge in [0.15, 0.2) is 0 Å². The molecule has 4 aromatic rings. The summed E-state index contributed by atoms with van der Waals surface area (Å²) in [5, 5.41) is 10.2. The third-order valence-corrected chi connectivity index (χ3v) is 4.06. The first kappa shape index (κ1) is 15.8. The summed E-state index contributed by atoms with van der Waals surface area (Å²) in [4.78, 5) is 16.4. The number of benzene rings is 3. The SMILES string of the molecule is O=C(O)c1cc(-c2ccccc2)nc2ccc(Oc3ccccc3)cc12. The van der Waals surface area contributed by atoms with Crippen LogP contribution in [0.4, 0.5) is 0 Å². The molecule has 0 amide bonds. The molecule has 0 spiro atoms. The Balaban J connectivity index is 1.82. The van der Waals surface area contributed by atoms with Crippen LogP contribution in [0.3, 0.4) is 0 Å². The molecule has 0 aliphatic carbocycles. The van der Waals surface area contributed by atoms with E-state index in [0.29, 0.717) is 28.1 Å². The molecule has 0 atom stereocenters. The van der Waals surface area contributed by atoms with Crippen LogP contribution < -0.4 is 4.74 Å². The molecule has 0 fully saturated rings. The molecule has 1 heterocycles. The Morgan fingerprint density at radius 2 is 1.50 bits per heavy atom. The highest BCUT2D eigenvalue weighted by Gasteiger charge is 2.14. The maximum Gasteiger partial charge on any atom is 0.336 e. The number of ether oxygens (including phenoxy) is 1. The van der Waals surface area contributed by atoms with Crippen molar-refractivity contribution in [3.63, 3.8) is 0 Å². The zero-order chi connectivity index (χ0) is 17.9. The predicted molar refractivity (Wildman–Crippen MR) is 101 cm³/mol. The molecule has 1 aromatic heterocycles. The van der Waals surface area contributed by atoms with E-state index in [-0.39, 0.29) is 5.56 Å². The van der Waals surface area contributed by atoms with Crippen LogP contribution in [0.2, 0.25) is 0 Å². The summed E-state index contributed by atoms with van der Waals surface area (Å²) in [6.07, 6.45) is 0. The van der Waals surface area contributed by atoms with Gasteiger partial charge in [0.25, 0.3) is 0 Å². The van der Waals surface area contributed by atoms with Gasteiger partial charge in [-0.05, 0) is 36.4 Å². The number of nitrogens with zero attached hydrogens (tertiary/aromatic N) is 1. The van der Waals surface area contributed by atoms with Crippen molar-refractivity contribution in [2.45, 2.75) is 0 Å². The monoisotopic (exact) mass is 341 g/mol. The summed E-state index contributed by atoms with van der Waals surface area (Å²) in [6.45, 7) is 0. The number of carboxylic acids is 1. The van der Waals surface area contributed by atoms with Gasteiger partial charge in [0.1, 0.15) is 11.5 Å². The van der Waals surface area contributed by atoms with Crippen LogP contribution >= 0.6 is 0 Å². The summed E-state index contributed by atoms with van der Waals surface area (Å²) in [7, 11) is 0. The van der Waals surface area contributed by atoms with Crippen molar-refractivity contribution in [1.82, 2.24) is 4.98 Å². The Morgan fingerprint density at radius 1 is 0.808 bits per heavy atom. The summed E-state index contributed by atoms with van der Waals surface area (Å²) >= 11 is 0. The second kappa shape index (κ2) is 6.69. The molecule has 4 nitrogen and oxygen atoms in total. The third kappa shape index (κ3) is 3.13. The van der Waals surface area contributed by atoms with Gasteiger partial charge in [-0.3, -0.25) is 0 Å². The van der Waals surface area contributed by atoms with Gasteiger partial charge in [0.2, 0.25) is 0 Å². The van der Waals surface area contributed by atoms with E-state index in [1.807, 2.05) is 60.7 Å². The minimum absolute atomic E-state index is 0.201. The fourth-order valence-electron chi connectivity index (χ4n) is 2.83. The van der Waals surface area contributed by atoms with Gasteiger partial charge >= 0.3 is 5.97 Å². The molecule has 3 aromatic carbocycles. The second-order valence-corrected chi connectivity index (χ2v) is 5.82. The average molecular weight is 341 g/mol. The Labute approximate surface area is 150 Å². The Morgan fingerprint density at radius 3 is 2.19 bits per heavy atom. The number of hydrogen-bond acceptors (Lipinski definition) is 3. The highest BCUT2D eigenvalue weighted by Crippen LogP contribution is 2.29. The van der Waals surface area contributed by atoms with E-state index in [4.69, 9.17) is 4.74 Å². The van der Waals surface area contributed by atoms with Gasteiger partial charge in [-0.15, -0.1) is 0 Å². The molecule has 0 bridgehead atoms. The van der Waals surface area contributed by atoms with Crippen LogP contribution in [0.15, 0.2) is 84.9 Å². The Hall–Kier alpha value is -3.66. The third-order valence-electron chi connectivity index (χ3n) is 4.06. The molecule has 126 valence electrons. The van der Waals surface area contributed by atoms with Gasteiger partial charge in [0.05, 0.1) is 16.8 Å². The number of pyridine rings is 1. The van der Waals surface area contributed by atoms with Gasteiger partial charge in [-0.25, -0.2) is 9.78 Å². The fourth-order valence-corrected chi connectivity index (χ4v) is 2.83. The smallest absolute Gasteiger partial charge is 0.336 e. The molecule has 4 heteroatoms. The van der Waals surface area contributed by atoms with E-state index in [2.05, 4.69) is 4.98 Å². The molecule has 0 unspecified atom stereocenters. The lowest BCUT2D eigenvalue weighted by molar-refractivity contribution is 0.0699. The Bertz CT molecular complexity index is 1080. The number of para-hydroxylation sites is 1. The average Bonchev–Trinajstić information content (AvgIpc) is 2.68. The van der Waals surface area contributed by atoms with E-state index in [9.17, 15) is 9.90 Å². The van der Waals surface area contributed by atoms with Crippen molar-refractivity contribution in [3.05, 3.63) is 90.5 Å². The van der Waals surface area contributed by atoms with Gasteiger partial charge in [-0.2, -0.15) is 0 Å². The van der Waals surface area contributed by atoms with Crippen LogP contribution in [0.1, 0.15) is 10.4 Å². The maximum absolute atomic E-state index is 11.8. The second-order valence-electron chi connectivity index (χ2n) is 5.82. The lowest BCUT2D eigenvalue weighted by Crippen LogP contribution is -2.00. The molecule has 0 saturated carbocycles. The Kier molecular flexibility index (Phi) is 4.07. The molecule has 0 saturated heterocycles. The first-order chi connectivity index (χ1) is 12.7. The lowest BCUT2D eigenvalue weighted by atomic mass is 10.0. The standard InChI is InChI=1S/C22H15NO3/c24-22(25)19-14-21(15-7-3-1-4-8-15)23-20-12-11-17(13-18(19)20)26-16-9-5-2-6-10-16/h1-14H,(H,24,25). The van der Waals surface area contributed by atoms with Crippen molar-refractivity contribution in [2.75, 3.05) is 0 Å². The highest BCUT2D eigenvalue weighted by molar-refractivity contribution is 6.04. The quantitative estimate of drug-likeness (QED) is 0.540. The van der Waals surface area contributed by atoms with Gasteiger partial charge in [-0.1, -0.05) is 48.5 Å². The highest BCUT2D eigenvalue weighted by atomic mass is 16.5. The number of hydrogen-bond donors (Lipinski definition) is 1. The van der Waals surface area contributed by atoms with E-state index in [0.717, 1.165) is 5.56 Å². The van der Waals surface area contributed by atoms with Crippen molar-refractivity contribution in [2.24, 2.45) is 0 Å². The van der Waals surface area contributed by atoms with E-state index >= 15 is 0 Å². The first-order valence-corrected chi connectivity index (χ1v) is 8.17. The summed E-state index contributed by atoms with van der Waals surface area (Å²) in [5.41, 5.74) is 2.32. The topological polar surface area (TPSA) is 59.4 Å². The van der Waals surface area contributed by atoms with Crippen molar-refractivity contribution in [3.8, 4) is 22.8 Å². The number of aromatic carboxylic acids is 1. The lowest BCUT2D eigenvalue weighted by Gasteiger charge is -2.10. The molecular formula is C22H15NO3. The molecule has 0 aliphatic heterocycles. The van der Waals surface area contributed by atoms with Crippen molar-refractivity contribution < 1.29 is 14.6 Å². The normalized spacial score (nSPS) is 10.6.